The molecule has 88 valence electrons. The topological polar surface area (TPSA) is 44.5 Å². The van der Waals surface area contributed by atoms with Gasteiger partial charge in [-0.3, -0.25) is 0 Å². The van der Waals surface area contributed by atoms with Crippen LogP contribution in [0.15, 0.2) is 12.1 Å². The first-order chi connectivity index (χ1) is 7.52. The van der Waals surface area contributed by atoms with Crippen molar-refractivity contribution in [2.45, 2.75) is 26.1 Å². The Morgan fingerprint density at radius 2 is 2.00 bits per heavy atom. The first kappa shape index (κ1) is 11.2. The van der Waals surface area contributed by atoms with Crippen molar-refractivity contribution in [3.63, 3.8) is 0 Å². The molecule has 0 unspecified atom stereocenters. The van der Waals surface area contributed by atoms with E-state index < -0.39 is 12.2 Å². The number of rotatable bonds is 2. The molecule has 0 amide bonds. The third kappa shape index (κ3) is 1.97. The van der Waals surface area contributed by atoms with Gasteiger partial charge in [0.05, 0.1) is 0 Å². The summed E-state index contributed by atoms with van der Waals surface area (Å²) < 4.78 is 23.7. The first-order valence-electron chi connectivity index (χ1n) is 5.30. The van der Waals surface area contributed by atoms with Crippen LogP contribution in [-0.4, -0.2) is 13.2 Å². The maximum atomic E-state index is 12.7. The third-order valence-electron chi connectivity index (χ3n) is 2.55. The van der Waals surface area contributed by atoms with Gasteiger partial charge in [0.15, 0.2) is 11.5 Å². The lowest BCUT2D eigenvalue weighted by Gasteiger charge is -2.28. The molecule has 0 radical (unpaired) electrons. The molecule has 1 aliphatic rings. The Labute approximate surface area is 94.3 Å². The fourth-order valence-corrected chi connectivity index (χ4v) is 1.77. The molecule has 1 heterocycles. The Hall–Kier alpha value is -1.29. The molecule has 0 bridgehead atoms. The van der Waals surface area contributed by atoms with Crippen LogP contribution >= 0.6 is 0 Å². The second kappa shape index (κ2) is 3.94. The lowest BCUT2D eigenvalue weighted by Crippen LogP contribution is -2.31. The molecule has 0 saturated carbocycles. The van der Waals surface area contributed by atoms with E-state index in [0.717, 1.165) is 5.56 Å². The number of fused-ring (bicyclic) bond motifs is 1. The van der Waals surface area contributed by atoms with Crippen LogP contribution < -0.4 is 15.2 Å². The van der Waals surface area contributed by atoms with Gasteiger partial charge in [0.25, 0.3) is 0 Å². The van der Waals surface area contributed by atoms with E-state index in [9.17, 15) is 4.39 Å². The smallest absolute Gasteiger partial charge is 0.166 e. The zero-order valence-electron chi connectivity index (χ0n) is 9.55. The molecule has 0 aliphatic carbocycles. The highest BCUT2D eigenvalue weighted by molar-refractivity contribution is 5.52. The predicted octanol–water partition coefficient (Wildman–Crippen LogP) is 2.12. The first-order valence-corrected chi connectivity index (χ1v) is 5.30. The summed E-state index contributed by atoms with van der Waals surface area (Å²) in [5, 5.41) is 0. The Bertz CT molecular complexity index is 399. The van der Waals surface area contributed by atoms with Crippen molar-refractivity contribution >= 4 is 0 Å². The van der Waals surface area contributed by atoms with Crippen molar-refractivity contribution in [1.29, 1.82) is 0 Å². The fourth-order valence-electron chi connectivity index (χ4n) is 1.77. The summed E-state index contributed by atoms with van der Waals surface area (Å²) >= 11 is 0. The van der Waals surface area contributed by atoms with Crippen molar-refractivity contribution in [2.75, 3.05) is 13.2 Å². The fraction of sp³-hybridized carbons (Fsp3) is 0.500. The summed E-state index contributed by atoms with van der Waals surface area (Å²) in [5.74, 6) is 1.24. The number of benzene rings is 1. The number of ether oxygens (including phenoxy) is 2. The van der Waals surface area contributed by atoms with Gasteiger partial charge in [0.1, 0.15) is 19.9 Å². The Morgan fingerprint density at radius 1 is 1.31 bits per heavy atom. The molecule has 1 aliphatic heterocycles. The minimum atomic E-state index is -0.573. The molecule has 16 heavy (non-hydrogen) atoms. The van der Waals surface area contributed by atoms with Gasteiger partial charge in [0.2, 0.25) is 0 Å². The molecule has 0 aromatic heterocycles. The average molecular weight is 225 g/mol. The molecule has 2 N–H and O–H groups in total. The second-order valence-corrected chi connectivity index (χ2v) is 4.52. The van der Waals surface area contributed by atoms with Crippen molar-refractivity contribution in [1.82, 2.24) is 0 Å². The van der Waals surface area contributed by atoms with Crippen molar-refractivity contribution < 1.29 is 13.9 Å². The maximum absolute atomic E-state index is 12.7. The van der Waals surface area contributed by atoms with Crippen molar-refractivity contribution in [3.05, 3.63) is 23.3 Å². The van der Waals surface area contributed by atoms with Gasteiger partial charge in [-0.1, -0.05) is 0 Å². The van der Waals surface area contributed by atoms with Gasteiger partial charge in [-0.25, -0.2) is 4.39 Å². The maximum Gasteiger partial charge on any atom is 0.166 e. The van der Waals surface area contributed by atoms with E-state index in [1.165, 1.54) is 0 Å². The average Bonchev–Trinajstić information content (AvgIpc) is 2.26. The Kier molecular flexibility index (Phi) is 2.76. The highest BCUT2D eigenvalue weighted by Gasteiger charge is 2.25. The summed E-state index contributed by atoms with van der Waals surface area (Å²) in [6.07, 6.45) is 0. The van der Waals surface area contributed by atoms with Gasteiger partial charge in [-0.15, -0.1) is 0 Å². The SMILES string of the molecule is CC(C)(N)c1cc(CF)cc2c1OCCO2. The molecule has 4 heteroatoms. The normalized spacial score (nSPS) is 15.0. The van der Waals surface area contributed by atoms with Crippen LogP contribution in [0, 0.1) is 0 Å². The summed E-state index contributed by atoms with van der Waals surface area (Å²) in [6.45, 7) is 4.20. The van der Waals surface area contributed by atoms with Gasteiger partial charge in [0, 0.05) is 11.1 Å². The van der Waals surface area contributed by atoms with Crippen molar-refractivity contribution in [3.8, 4) is 11.5 Å². The van der Waals surface area contributed by atoms with Crippen LogP contribution in [0.3, 0.4) is 0 Å². The van der Waals surface area contributed by atoms with E-state index in [-0.39, 0.29) is 0 Å². The highest BCUT2D eigenvalue weighted by atomic mass is 19.1. The summed E-state index contributed by atoms with van der Waals surface area (Å²) in [4.78, 5) is 0. The third-order valence-corrected chi connectivity index (χ3v) is 2.55. The van der Waals surface area contributed by atoms with Crippen LogP contribution in [0.1, 0.15) is 25.0 Å². The van der Waals surface area contributed by atoms with Gasteiger partial charge in [-0.05, 0) is 31.5 Å². The summed E-state index contributed by atoms with van der Waals surface area (Å²) in [7, 11) is 0. The van der Waals surface area contributed by atoms with Crippen LogP contribution in [0.5, 0.6) is 11.5 Å². The molecule has 0 atom stereocenters. The second-order valence-electron chi connectivity index (χ2n) is 4.52. The van der Waals surface area contributed by atoms with Crippen molar-refractivity contribution in [2.24, 2.45) is 5.73 Å². The van der Waals surface area contributed by atoms with E-state index in [0.29, 0.717) is 30.3 Å². The molecule has 2 rings (SSSR count). The van der Waals surface area contributed by atoms with Gasteiger partial charge < -0.3 is 15.2 Å². The molecule has 0 spiro atoms. The molecule has 3 nitrogen and oxygen atoms in total. The lowest BCUT2D eigenvalue weighted by atomic mass is 9.92. The highest BCUT2D eigenvalue weighted by Crippen LogP contribution is 2.39. The van der Waals surface area contributed by atoms with Crippen LogP contribution in [0.25, 0.3) is 0 Å². The molecule has 0 fully saturated rings. The Balaban J connectivity index is 2.56. The van der Waals surface area contributed by atoms with E-state index in [1.54, 1.807) is 12.1 Å². The van der Waals surface area contributed by atoms with E-state index in [2.05, 4.69) is 0 Å². The van der Waals surface area contributed by atoms with Gasteiger partial charge >= 0.3 is 0 Å². The molecular formula is C12H16FNO2. The predicted molar refractivity (Wildman–Crippen MR) is 59.5 cm³/mol. The zero-order chi connectivity index (χ0) is 11.8. The monoisotopic (exact) mass is 225 g/mol. The number of nitrogens with two attached hydrogens (primary N) is 1. The summed E-state index contributed by atoms with van der Waals surface area (Å²) in [5.41, 5.74) is 6.83. The summed E-state index contributed by atoms with van der Waals surface area (Å²) in [6, 6.07) is 3.41. The zero-order valence-corrected chi connectivity index (χ0v) is 9.55. The minimum absolute atomic E-state index is 0.493. The quantitative estimate of drug-likeness (QED) is 0.838. The van der Waals surface area contributed by atoms with E-state index in [1.807, 2.05) is 13.8 Å². The molecule has 1 aromatic carbocycles. The number of hydrogen-bond acceptors (Lipinski definition) is 3. The number of halogens is 1. The molecular weight excluding hydrogens is 209 g/mol. The van der Waals surface area contributed by atoms with Gasteiger partial charge in [-0.2, -0.15) is 0 Å². The minimum Gasteiger partial charge on any atom is -0.486 e. The molecule has 0 saturated heterocycles. The molecule has 1 aromatic rings. The number of hydrogen-bond donors (Lipinski definition) is 1. The number of alkyl halides is 1. The largest absolute Gasteiger partial charge is 0.486 e. The van der Waals surface area contributed by atoms with E-state index in [4.69, 9.17) is 15.2 Å². The van der Waals surface area contributed by atoms with Crippen LogP contribution in [0.2, 0.25) is 0 Å². The van der Waals surface area contributed by atoms with E-state index >= 15 is 0 Å². The lowest BCUT2D eigenvalue weighted by molar-refractivity contribution is 0.167. The standard InChI is InChI=1S/C12H16FNO2/c1-12(2,14)9-5-8(7-13)6-10-11(9)16-4-3-15-10/h5-6H,3-4,7,14H2,1-2H3. The van der Waals surface area contributed by atoms with Crippen LogP contribution in [-0.2, 0) is 12.2 Å². The van der Waals surface area contributed by atoms with Crippen LogP contribution in [0.4, 0.5) is 4.39 Å². The Morgan fingerprint density at radius 3 is 2.62 bits per heavy atom.